The van der Waals surface area contributed by atoms with Crippen LogP contribution in [0.2, 0.25) is 0 Å². The highest BCUT2D eigenvalue weighted by Gasteiger charge is 2.21. The van der Waals surface area contributed by atoms with Crippen LogP contribution in [-0.2, 0) is 0 Å². The number of benzene rings is 3. The highest BCUT2D eigenvalue weighted by molar-refractivity contribution is 6.23. The number of rotatable bonds is 2. The summed E-state index contributed by atoms with van der Waals surface area (Å²) in [6.07, 6.45) is 0. The minimum Gasteiger partial charge on any atom is -0.506 e. The van der Waals surface area contributed by atoms with Crippen molar-refractivity contribution in [3.05, 3.63) is 82.9 Å². The number of fused-ring (bicyclic) bond motifs is 2. The second-order valence-electron chi connectivity index (χ2n) is 6.79. The van der Waals surface area contributed by atoms with Gasteiger partial charge >= 0.3 is 0 Å². The molecule has 30 heavy (non-hydrogen) atoms. The molecule has 0 aliphatic carbocycles. The molecule has 0 bridgehead atoms. The highest BCUT2D eigenvalue weighted by Crippen LogP contribution is 2.40. The summed E-state index contributed by atoms with van der Waals surface area (Å²) in [5.74, 6) is 1.03. The van der Waals surface area contributed by atoms with E-state index < -0.39 is 0 Å². The lowest BCUT2D eigenvalue weighted by atomic mass is 10.1. The monoisotopic (exact) mass is 396 g/mol. The van der Waals surface area contributed by atoms with E-state index in [2.05, 4.69) is 20.0 Å². The molecule has 3 aromatic carbocycles. The standard InChI is InChI=1S/C22H16N6O2/c23-19-11-5-1-3-7-13(11)21(27-19)25-15-9-16(18(30)10-17(15)29)26-22-14-8-4-2-6-12(14)20(24)28-22/h1-10,29-30H,(H2,23,25,27)(H2,24,26,28). The summed E-state index contributed by atoms with van der Waals surface area (Å²) in [6, 6.07) is 17.5. The zero-order chi connectivity index (χ0) is 20.8. The van der Waals surface area contributed by atoms with Crippen LogP contribution >= 0.6 is 0 Å². The Morgan fingerprint density at radius 1 is 0.600 bits per heavy atom. The third-order valence-corrected chi connectivity index (χ3v) is 4.86. The molecule has 3 aromatic rings. The van der Waals surface area contributed by atoms with Crippen LogP contribution in [0.5, 0.6) is 11.5 Å². The zero-order valence-corrected chi connectivity index (χ0v) is 15.6. The molecule has 6 N–H and O–H groups in total. The van der Waals surface area contributed by atoms with E-state index in [1.807, 2.05) is 48.5 Å². The maximum atomic E-state index is 10.3. The van der Waals surface area contributed by atoms with Gasteiger partial charge in [0.2, 0.25) is 0 Å². The molecule has 5 rings (SSSR count). The quantitative estimate of drug-likeness (QED) is 0.528. The molecule has 0 aromatic heterocycles. The molecule has 0 atom stereocenters. The number of phenolic OH excluding ortho intramolecular Hbond substituents is 2. The number of nitrogens with zero attached hydrogens (tertiary/aromatic N) is 4. The van der Waals surface area contributed by atoms with Gasteiger partial charge in [-0.05, 0) is 6.07 Å². The number of nitrogens with two attached hydrogens (primary N) is 2. The first-order valence-electron chi connectivity index (χ1n) is 9.12. The van der Waals surface area contributed by atoms with Crippen molar-refractivity contribution in [2.75, 3.05) is 0 Å². The fourth-order valence-electron chi connectivity index (χ4n) is 3.40. The van der Waals surface area contributed by atoms with Gasteiger partial charge in [0.15, 0.2) is 11.7 Å². The second kappa shape index (κ2) is 6.56. The average molecular weight is 396 g/mol. The molecule has 8 nitrogen and oxygen atoms in total. The van der Waals surface area contributed by atoms with E-state index in [1.165, 1.54) is 12.1 Å². The lowest BCUT2D eigenvalue weighted by Gasteiger charge is -2.06. The van der Waals surface area contributed by atoms with Gasteiger partial charge in [-0.15, -0.1) is 0 Å². The molecule has 0 unspecified atom stereocenters. The van der Waals surface area contributed by atoms with Crippen molar-refractivity contribution in [1.29, 1.82) is 0 Å². The summed E-state index contributed by atoms with van der Waals surface area (Å²) in [5, 5.41) is 20.6. The molecular formula is C22H16N6O2. The molecule has 0 saturated carbocycles. The number of aromatic hydroxyl groups is 2. The predicted octanol–water partition coefficient (Wildman–Crippen LogP) is 2.69. The number of hydrogen-bond acceptors (Lipinski definition) is 6. The Kier molecular flexibility index (Phi) is 3.85. The van der Waals surface area contributed by atoms with Crippen molar-refractivity contribution in [1.82, 2.24) is 0 Å². The molecular weight excluding hydrogens is 380 g/mol. The van der Waals surface area contributed by atoms with Crippen LogP contribution in [0.1, 0.15) is 22.3 Å². The predicted molar refractivity (Wildman–Crippen MR) is 116 cm³/mol. The third-order valence-electron chi connectivity index (χ3n) is 4.86. The van der Waals surface area contributed by atoms with Crippen molar-refractivity contribution >= 4 is 34.7 Å². The van der Waals surface area contributed by atoms with Crippen LogP contribution in [0.25, 0.3) is 0 Å². The molecule has 0 spiro atoms. The summed E-state index contributed by atoms with van der Waals surface area (Å²) in [7, 11) is 0. The van der Waals surface area contributed by atoms with Crippen molar-refractivity contribution < 1.29 is 10.2 Å². The Hall–Kier alpha value is -4.46. The van der Waals surface area contributed by atoms with E-state index in [0.717, 1.165) is 22.3 Å². The van der Waals surface area contributed by atoms with Gasteiger partial charge in [0.1, 0.15) is 34.5 Å². The lowest BCUT2D eigenvalue weighted by Crippen LogP contribution is -2.09. The maximum Gasteiger partial charge on any atom is 0.163 e. The molecule has 0 saturated heterocycles. The minimum absolute atomic E-state index is 0.193. The molecule has 2 aliphatic rings. The SMILES string of the molecule is NC1=NC(=Nc2cc(N=C3N=C(N)c4ccccc43)c(O)cc2O)c2ccccc21. The first-order valence-corrected chi connectivity index (χ1v) is 9.12. The Morgan fingerprint density at radius 3 is 1.43 bits per heavy atom. The Bertz CT molecular complexity index is 1240. The average Bonchev–Trinajstić information content (AvgIpc) is 3.23. The molecule has 146 valence electrons. The maximum absolute atomic E-state index is 10.3. The smallest absolute Gasteiger partial charge is 0.163 e. The van der Waals surface area contributed by atoms with Gasteiger partial charge in [-0.1, -0.05) is 48.5 Å². The van der Waals surface area contributed by atoms with Gasteiger partial charge in [0.05, 0.1) is 0 Å². The summed E-state index contributed by atoms with van der Waals surface area (Å²) >= 11 is 0. The van der Waals surface area contributed by atoms with Crippen LogP contribution in [0, 0.1) is 0 Å². The lowest BCUT2D eigenvalue weighted by molar-refractivity contribution is 0.452. The summed E-state index contributed by atoms with van der Waals surface area (Å²) in [5.41, 5.74) is 15.4. The van der Waals surface area contributed by atoms with E-state index in [9.17, 15) is 10.2 Å². The Labute approximate surface area is 171 Å². The zero-order valence-electron chi connectivity index (χ0n) is 15.6. The van der Waals surface area contributed by atoms with E-state index in [4.69, 9.17) is 11.5 Å². The Morgan fingerprint density at radius 2 is 1.00 bits per heavy atom. The number of hydrogen-bond donors (Lipinski definition) is 4. The summed E-state index contributed by atoms with van der Waals surface area (Å²) in [6.45, 7) is 0. The topological polar surface area (TPSA) is 142 Å². The van der Waals surface area contributed by atoms with Gasteiger partial charge in [0.25, 0.3) is 0 Å². The van der Waals surface area contributed by atoms with Gasteiger partial charge < -0.3 is 21.7 Å². The van der Waals surface area contributed by atoms with E-state index in [0.29, 0.717) is 23.3 Å². The van der Waals surface area contributed by atoms with Gasteiger partial charge in [-0.25, -0.2) is 20.0 Å². The van der Waals surface area contributed by atoms with E-state index in [1.54, 1.807) is 0 Å². The van der Waals surface area contributed by atoms with Gasteiger partial charge in [-0.2, -0.15) is 0 Å². The van der Waals surface area contributed by atoms with Crippen LogP contribution in [0.15, 0.2) is 80.6 Å². The van der Waals surface area contributed by atoms with Gasteiger partial charge in [-0.3, -0.25) is 0 Å². The second-order valence-corrected chi connectivity index (χ2v) is 6.79. The molecule has 8 heteroatoms. The van der Waals surface area contributed by atoms with Gasteiger partial charge in [0, 0.05) is 28.3 Å². The first-order chi connectivity index (χ1) is 14.5. The first kappa shape index (κ1) is 17.6. The normalized spacial score (nSPS) is 17.1. The van der Waals surface area contributed by atoms with Crippen LogP contribution in [-0.4, -0.2) is 33.6 Å². The molecule has 0 amide bonds. The number of aliphatic imine (C=N–C) groups is 4. The van der Waals surface area contributed by atoms with Crippen LogP contribution in [0.3, 0.4) is 0 Å². The Balaban J connectivity index is 1.61. The third kappa shape index (κ3) is 2.78. The van der Waals surface area contributed by atoms with E-state index >= 15 is 0 Å². The van der Waals surface area contributed by atoms with Crippen molar-refractivity contribution in [3.8, 4) is 11.5 Å². The van der Waals surface area contributed by atoms with Crippen LogP contribution < -0.4 is 11.5 Å². The number of amidine groups is 4. The molecule has 2 aliphatic heterocycles. The molecule has 0 fully saturated rings. The van der Waals surface area contributed by atoms with E-state index in [-0.39, 0.29) is 22.9 Å². The summed E-state index contributed by atoms with van der Waals surface area (Å²) in [4.78, 5) is 17.5. The summed E-state index contributed by atoms with van der Waals surface area (Å²) < 4.78 is 0. The fourth-order valence-corrected chi connectivity index (χ4v) is 3.40. The molecule has 2 heterocycles. The van der Waals surface area contributed by atoms with Crippen LogP contribution in [0.4, 0.5) is 11.4 Å². The molecule has 0 radical (unpaired) electrons. The van der Waals surface area contributed by atoms with Crippen molar-refractivity contribution in [3.63, 3.8) is 0 Å². The minimum atomic E-state index is -0.211. The van der Waals surface area contributed by atoms with Crippen molar-refractivity contribution in [2.24, 2.45) is 31.4 Å². The fraction of sp³-hybridized carbons (Fsp3) is 0. The largest absolute Gasteiger partial charge is 0.506 e. The van der Waals surface area contributed by atoms with Crippen molar-refractivity contribution in [2.45, 2.75) is 0 Å². The number of phenols is 2. The highest BCUT2D eigenvalue weighted by atomic mass is 16.3.